The van der Waals surface area contributed by atoms with Gasteiger partial charge in [0.2, 0.25) is 0 Å². The standard InChI is InChI=1S/C12H20FNO4/c1-12(2,3)18-11(17)14-9-5-4-7(13)6-8(9)10(15)16/h7-9H,4-6H2,1-3H3,(H,14,17)(H,15,16)/t7-,8+,9+/m1/s1. The Morgan fingerprint density at radius 2 is 1.94 bits per heavy atom. The first-order chi connectivity index (χ1) is 8.19. The van der Waals surface area contributed by atoms with Gasteiger partial charge in [0.15, 0.2) is 0 Å². The molecule has 2 N–H and O–H groups in total. The van der Waals surface area contributed by atoms with Gasteiger partial charge in [-0.25, -0.2) is 9.18 Å². The van der Waals surface area contributed by atoms with Crippen molar-refractivity contribution >= 4 is 12.1 Å². The monoisotopic (exact) mass is 261 g/mol. The van der Waals surface area contributed by atoms with E-state index in [1.54, 1.807) is 20.8 Å². The van der Waals surface area contributed by atoms with Crippen molar-refractivity contribution in [2.24, 2.45) is 5.92 Å². The normalized spacial score (nSPS) is 28.6. The first-order valence-corrected chi connectivity index (χ1v) is 6.05. The van der Waals surface area contributed by atoms with Crippen molar-refractivity contribution < 1.29 is 23.8 Å². The summed E-state index contributed by atoms with van der Waals surface area (Å²) in [6.07, 6.45) is -1.24. The number of hydrogen-bond donors (Lipinski definition) is 2. The fourth-order valence-electron chi connectivity index (χ4n) is 2.02. The third kappa shape index (κ3) is 4.50. The summed E-state index contributed by atoms with van der Waals surface area (Å²) in [5.41, 5.74) is -0.639. The van der Waals surface area contributed by atoms with Crippen molar-refractivity contribution in [1.29, 1.82) is 0 Å². The van der Waals surface area contributed by atoms with E-state index in [0.717, 1.165) is 0 Å². The average molecular weight is 261 g/mol. The Morgan fingerprint density at radius 3 is 2.44 bits per heavy atom. The Morgan fingerprint density at radius 1 is 1.33 bits per heavy atom. The van der Waals surface area contributed by atoms with Gasteiger partial charge in [-0.05, 0) is 40.0 Å². The second kappa shape index (κ2) is 5.54. The molecule has 1 amide bonds. The van der Waals surface area contributed by atoms with Crippen molar-refractivity contribution in [2.75, 3.05) is 0 Å². The molecule has 0 aromatic carbocycles. The van der Waals surface area contributed by atoms with Crippen LogP contribution in [0, 0.1) is 5.92 Å². The summed E-state index contributed by atoms with van der Waals surface area (Å²) < 4.78 is 18.2. The van der Waals surface area contributed by atoms with E-state index in [-0.39, 0.29) is 12.8 Å². The Balaban J connectivity index is 2.59. The van der Waals surface area contributed by atoms with E-state index in [9.17, 15) is 14.0 Å². The van der Waals surface area contributed by atoms with E-state index in [2.05, 4.69) is 5.32 Å². The summed E-state index contributed by atoms with van der Waals surface area (Å²) in [7, 11) is 0. The van der Waals surface area contributed by atoms with Crippen LogP contribution in [0.25, 0.3) is 0 Å². The van der Waals surface area contributed by atoms with Gasteiger partial charge in [-0.15, -0.1) is 0 Å². The molecule has 0 aromatic heterocycles. The molecule has 0 saturated heterocycles. The van der Waals surface area contributed by atoms with Gasteiger partial charge >= 0.3 is 12.1 Å². The minimum absolute atomic E-state index is 0.0597. The lowest BCUT2D eigenvalue weighted by Crippen LogP contribution is -2.48. The number of halogens is 1. The molecule has 0 heterocycles. The molecule has 0 aromatic rings. The Bertz CT molecular complexity index is 327. The molecule has 18 heavy (non-hydrogen) atoms. The number of aliphatic carboxylic acids is 1. The van der Waals surface area contributed by atoms with Gasteiger partial charge < -0.3 is 15.2 Å². The van der Waals surface area contributed by atoms with Crippen LogP contribution in [0.15, 0.2) is 0 Å². The summed E-state index contributed by atoms with van der Waals surface area (Å²) in [6.45, 7) is 5.17. The van der Waals surface area contributed by atoms with Crippen LogP contribution in [0.5, 0.6) is 0 Å². The van der Waals surface area contributed by atoms with E-state index in [0.29, 0.717) is 6.42 Å². The maximum atomic E-state index is 13.2. The molecule has 0 radical (unpaired) electrons. The van der Waals surface area contributed by atoms with Crippen molar-refractivity contribution in [3.05, 3.63) is 0 Å². The highest BCUT2D eigenvalue weighted by molar-refractivity contribution is 5.74. The summed E-state index contributed by atoms with van der Waals surface area (Å²) >= 11 is 0. The molecule has 1 aliphatic rings. The third-order valence-corrected chi connectivity index (χ3v) is 2.81. The summed E-state index contributed by atoms with van der Waals surface area (Å²) in [6, 6.07) is -0.565. The number of alkyl halides is 1. The molecule has 3 atom stereocenters. The first-order valence-electron chi connectivity index (χ1n) is 6.05. The van der Waals surface area contributed by atoms with Crippen LogP contribution < -0.4 is 5.32 Å². The molecule has 1 fully saturated rings. The second-order valence-electron chi connectivity index (χ2n) is 5.61. The number of alkyl carbamates (subject to hydrolysis) is 1. The number of carboxylic acid groups (broad SMARTS) is 1. The topological polar surface area (TPSA) is 75.6 Å². The van der Waals surface area contributed by atoms with Gasteiger partial charge in [-0.3, -0.25) is 4.79 Å². The van der Waals surface area contributed by atoms with E-state index in [4.69, 9.17) is 9.84 Å². The Kier molecular flexibility index (Phi) is 4.53. The zero-order valence-electron chi connectivity index (χ0n) is 10.9. The fraction of sp³-hybridized carbons (Fsp3) is 0.833. The van der Waals surface area contributed by atoms with Crippen LogP contribution in [0.3, 0.4) is 0 Å². The van der Waals surface area contributed by atoms with Crippen LogP contribution >= 0.6 is 0 Å². The lowest BCUT2D eigenvalue weighted by Gasteiger charge is -2.31. The molecule has 1 aliphatic carbocycles. The van der Waals surface area contributed by atoms with E-state index in [1.165, 1.54) is 0 Å². The zero-order chi connectivity index (χ0) is 13.9. The number of carboxylic acids is 1. The first kappa shape index (κ1) is 14.7. The van der Waals surface area contributed by atoms with Crippen LogP contribution in [-0.4, -0.2) is 35.0 Å². The van der Waals surface area contributed by atoms with Crippen molar-refractivity contribution in [2.45, 2.75) is 57.8 Å². The molecular weight excluding hydrogens is 241 g/mol. The molecule has 104 valence electrons. The number of hydrogen-bond acceptors (Lipinski definition) is 3. The quantitative estimate of drug-likeness (QED) is 0.798. The van der Waals surface area contributed by atoms with E-state index in [1.807, 2.05) is 0 Å². The maximum Gasteiger partial charge on any atom is 0.407 e. The van der Waals surface area contributed by atoms with Crippen molar-refractivity contribution in [3.8, 4) is 0 Å². The smallest absolute Gasteiger partial charge is 0.407 e. The molecule has 6 heteroatoms. The predicted octanol–water partition coefficient (Wildman–Crippen LogP) is 2.10. The van der Waals surface area contributed by atoms with Crippen LogP contribution in [-0.2, 0) is 9.53 Å². The molecule has 5 nitrogen and oxygen atoms in total. The molecule has 1 rings (SSSR count). The Hall–Kier alpha value is -1.33. The lowest BCUT2D eigenvalue weighted by molar-refractivity contribution is -0.144. The number of nitrogens with one attached hydrogen (secondary N) is 1. The molecule has 0 spiro atoms. The predicted molar refractivity (Wildman–Crippen MR) is 63.0 cm³/mol. The van der Waals surface area contributed by atoms with E-state index < -0.39 is 35.8 Å². The maximum absolute atomic E-state index is 13.2. The second-order valence-corrected chi connectivity index (χ2v) is 5.61. The SMILES string of the molecule is CC(C)(C)OC(=O)N[C@H]1CC[C@@H](F)C[C@@H]1C(=O)O. The van der Waals surface area contributed by atoms with Crippen LogP contribution in [0.4, 0.5) is 9.18 Å². The molecule has 0 bridgehead atoms. The average Bonchev–Trinajstić information content (AvgIpc) is 2.17. The summed E-state index contributed by atoms with van der Waals surface area (Å²) in [4.78, 5) is 22.6. The highest BCUT2D eigenvalue weighted by Gasteiger charge is 2.37. The summed E-state index contributed by atoms with van der Waals surface area (Å²) in [5.74, 6) is -1.97. The van der Waals surface area contributed by atoms with Gasteiger partial charge in [0.1, 0.15) is 11.8 Å². The molecule has 0 aliphatic heterocycles. The van der Waals surface area contributed by atoms with Crippen molar-refractivity contribution in [3.63, 3.8) is 0 Å². The van der Waals surface area contributed by atoms with Gasteiger partial charge in [-0.1, -0.05) is 0 Å². The molecular formula is C12H20FNO4. The summed E-state index contributed by atoms with van der Waals surface area (Å²) in [5, 5.41) is 11.5. The van der Waals surface area contributed by atoms with Crippen LogP contribution in [0.2, 0.25) is 0 Å². The Labute approximate surface area is 106 Å². The van der Waals surface area contributed by atoms with Crippen LogP contribution in [0.1, 0.15) is 40.0 Å². The number of carbonyl (C=O) groups is 2. The minimum atomic E-state index is -1.11. The van der Waals surface area contributed by atoms with Gasteiger partial charge in [0.25, 0.3) is 0 Å². The highest BCUT2D eigenvalue weighted by Crippen LogP contribution is 2.27. The number of ether oxygens (including phenoxy) is 1. The van der Waals surface area contributed by atoms with Gasteiger partial charge in [-0.2, -0.15) is 0 Å². The van der Waals surface area contributed by atoms with Gasteiger partial charge in [0.05, 0.1) is 5.92 Å². The molecule has 0 unspecified atom stereocenters. The van der Waals surface area contributed by atoms with Crippen molar-refractivity contribution in [1.82, 2.24) is 5.32 Å². The van der Waals surface area contributed by atoms with E-state index >= 15 is 0 Å². The van der Waals surface area contributed by atoms with Gasteiger partial charge in [0, 0.05) is 6.04 Å². The fourth-order valence-corrected chi connectivity index (χ4v) is 2.02. The number of carbonyl (C=O) groups excluding carboxylic acids is 1. The molecule has 1 saturated carbocycles. The largest absolute Gasteiger partial charge is 0.481 e. The lowest BCUT2D eigenvalue weighted by atomic mass is 9.83. The minimum Gasteiger partial charge on any atom is -0.481 e. The number of rotatable bonds is 2. The highest BCUT2D eigenvalue weighted by atomic mass is 19.1. The third-order valence-electron chi connectivity index (χ3n) is 2.81. The number of amides is 1. The zero-order valence-corrected chi connectivity index (χ0v) is 10.9.